The number of hydrogen-bond donors (Lipinski definition) is 0. The SMILES string of the molecule is COc1ccc(-n2nnc(C(=O)N3CCN(c4ccccc4)CC3)c2-c2cccnc2)cc1. The fraction of sp³-hybridized carbons (Fsp3) is 0.200. The van der Waals surface area contributed by atoms with Gasteiger partial charge in [0.2, 0.25) is 0 Å². The van der Waals surface area contributed by atoms with Crippen molar-refractivity contribution in [1.29, 1.82) is 0 Å². The molecule has 0 unspecified atom stereocenters. The van der Waals surface area contributed by atoms with Gasteiger partial charge in [-0.25, -0.2) is 4.68 Å². The lowest BCUT2D eigenvalue weighted by atomic mass is 10.1. The Morgan fingerprint density at radius 1 is 0.879 bits per heavy atom. The van der Waals surface area contributed by atoms with E-state index in [4.69, 9.17) is 4.74 Å². The molecule has 3 heterocycles. The Balaban J connectivity index is 1.44. The number of methoxy groups -OCH3 is 1. The third-order valence-corrected chi connectivity index (χ3v) is 5.81. The summed E-state index contributed by atoms with van der Waals surface area (Å²) in [6, 6.07) is 21.5. The number of carbonyl (C=O) groups excluding carboxylic acids is 1. The van der Waals surface area contributed by atoms with Crippen LogP contribution in [0.15, 0.2) is 79.1 Å². The van der Waals surface area contributed by atoms with Crippen molar-refractivity contribution in [1.82, 2.24) is 24.9 Å². The zero-order chi connectivity index (χ0) is 22.6. The number of aromatic nitrogens is 4. The number of ether oxygens (including phenoxy) is 1. The number of hydrogen-bond acceptors (Lipinski definition) is 6. The third kappa shape index (κ3) is 4.15. The van der Waals surface area contributed by atoms with E-state index >= 15 is 0 Å². The van der Waals surface area contributed by atoms with Gasteiger partial charge in [-0.2, -0.15) is 0 Å². The maximum absolute atomic E-state index is 13.5. The molecule has 8 nitrogen and oxygen atoms in total. The maximum Gasteiger partial charge on any atom is 0.276 e. The number of carbonyl (C=O) groups is 1. The number of anilines is 1. The third-order valence-electron chi connectivity index (χ3n) is 5.81. The molecule has 0 radical (unpaired) electrons. The Hall–Kier alpha value is -4.20. The lowest BCUT2D eigenvalue weighted by molar-refractivity contribution is 0.0741. The average Bonchev–Trinajstić information content (AvgIpc) is 3.34. The van der Waals surface area contributed by atoms with E-state index in [1.165, 1.54) is 5.69 Å². The molecule has 5 rings (SSSR count). The number of piperazine rings is 1. The summed E-state index contributed by atoms with van der Waals surface area (Å²) in [4.78, 5) is 21.9. The summed E-state index contributed by atoms with van der Waals surface area (Å²) in [5, 5.41) is 8.65. The minimum atomic E-state index is -0.124. The van der Waals surface area contributed by atoms with Gasteiger partial charge in [0.15, 0.2) is 5.69 Å². The minimum Gasteiger partial charge on any atom is -0.497 e. The van der Waals surface area contributed by atoms with Gasteiger partial charge in [-0.15, -0.1) is 5.10 Å². The lowest BCUT2D eigenvalue weighted by Crippen LogP contribution is -2.49. The van der Waals surface area contributed by atoms with E-state index in [-0.39, 0.29) is 5.91 Å². The molecule has 0 saturated carbocycles. The molecule has 1 saturated heterocycles. The highest BCUT2D eigenvalue weighted by Gasteiger charge is 2.29. The standard InChI is InChI=1S/C25H24N6O2/c1-33-22-11-9-21(10-12-22)31-24(19-6-5-13-26-18-19)23(27-28-31)25(32)30-16-14-29(15-17-30)20-7-3-2-4-8-20/h2-13,18H,14-17H2,1H3. The highest BCUT2D eigenvalue weighted by atomic mass is 16.5. The molecule has 8 heteroatoms. The smallest absolute Gasteiger partial charge is 0.276 e. The highest BCUT2D eigenvalue weighted by Crippen LogP contribution is 2.27. The molecule has 1 aliphatic rings. The van der Waals surface area contributed by atoms with Crippen LogP contribution < -0.4 is 9.64 Å². The number of amides is 1. The van der Waals surface area contributed by atoms with Crippen LogP contribution in [0.2, 0.25) is 0 Å². The van der Waals surface area contributed by atoms with Crippen LogP contribution in [0.5, 0.6) is 5.75 Å². The van der Waals surface area contributed by atoms with Gasteiger partial charge in [-0.1, -0.05) is 23.4 Å². The van der Waals surface area contributed by atoms with E-state index in [0.717, 1.165) is 30.1 Å². The summed E-state index contributed by atoms with van der Waals surface area (Å²) in [5.74, 6) is 0.621. The van der Waals surface area contributed by atoms with Crippen molar-refractivity contribution in [2.24, 2.45) is 0 Å². The van der Waals surface area contributed by atoms with Crippen LogP contribution in [0.25, 0.3) is 16.9 Å². The van der Waals surface area contributed by atoms with Crippen molar-refractivity contribution in [3.8, 4) is 22.7 Å². The average molecular weight is 441 g/mol. The monoisotopic (exact) mass is 440 g/mol. The molecule has 0 spiro atoms. The predicted molar refractivity (Wildman–Crippen MR) is 126 cm³/mol. The van der Waals surface area contributed by atoms with Crippen molar-refractivity contribution in [2.45, 2.75) is 0 Å². The number of pyridine rings is 1. The largest absolute Gasteiger partial charge is 0.497 e. The Morgan fingerprint density at radius 2 is 1.64 bits per heavy atom. The molecule has 2 aromatic carbocycles. The van der Waals surface area contributed by atoms with Crippen molar-refractivity contribution >= 4 is 11.6 Å². The molecule has 0 aliphatic carbocycles. The molecule has 0 N–H and O–H groups in total. The van der Waals surface area contributed by atoms with Gasteiger partial charge in [0, 0.05) is 49.8 Å². The van der Waals surface area contributed by atoms with Gasteiger partial charge in [0.25, 0.3) is 5.91 Å². The summed E-state index contributed by atoms with van der Waals surface area (Å²) in [6.07, 6.45) is 3.43. The van der Waals surface area contributed by atoms with E-state index in [1.807, 2.05) is 59.5 Å². The predicted octanol–water partition coefficient (Wildman–Crippen LogP) is 3.30. The molecule has 0 bridgehead atoms. The molecule has 4 aromatic rings. The normalized spacial score (nSPS) is 13.7. The van der Waals surface area contributed by atoms with Crippen LogP contribution in [0, 0.1) is 0 Å². The molecule has 166 valence electrons. The van der Waals surface area contributed by atoms with Crippen molar-refractivity contribution < 1.29 is 9.53 Å². The first-order chi connectivity index (χ1) is 16.2. The van der Waals surface area contributed by atoms with Crippen molar-refractivity contribution in [3.05, 3.63) is 84.8 Å². The summed E-state index contributed by atoms with van der Waals surface area (Å²) < 4.78 is 6.95. The van der Waals surface area contributed by atoms with E-state index in [1.54, 1.807) is 24.2 Å². The summed E-state index contributed by atoms with van der Waals surface area (Å²) >= 11 is 0. The van der Waals surface area contributed by atoms with E-state index in [0.29, 0.717) is 24.5 Å². The summed E-state index contributed by atoms with van der Waals surface area (Å²) in [5.41, 5.74) is 3.70. The number of rotatable bonds is 5. The highest BCUT2D eigenvalue weighted by molar-refractivity contribution is 5.98. The molecule has 33 heavy (non-hydrogen) atoms. The zero-order valence-corrected chi connectivity index (χ0v) is 18.3. The van der Waals surface area contributed by atoms with E-state index < -0.39 is 0 Å². The number of nitrogens with zero attached hydrogens (tertiary/aromatic N) is 6. The maximum atomic E-state index is 13.5. The van der Waals surface area contributed by atoms with Gasteiger partial charge in [-0.3, -0.25) is 9.78 Å². The van der Waals surface area contributed by atoms with Gasteiger partial charge < -0.3 is 14.5 Å². The first-order valence-electron chi connectivity index (χ1n) is 10.8. The second-order valence-electron chi connectivity index (χ2n) is 7.75. The first-order valence-corrected chi connectivity index (χ1v) is 10.8. The molecular formula is C25H24N6O2. The molecule has 1 fully saturated rings. The quantitative estimate of drug-likeness (QED) is 0.474. The molecule has 1 amide bonds. The lowest BCUT2D eigenvalue weighted by Gasteiger charge is -2.35. The second kappa shape index (κ2) is 9.12. The van der Waals surface area contributed by atoms with Crippen LogP contribution in [0.4, 0.5) is 5.69 Å². The summed E-state index contributed by atoms with van der Waals surface area (Å²) in [6.45, 7) is 2.78. The van der Waals surface area contributed by atoms with Gasteiger partial charge in [0.05, 0.1) is 12.8 Å². The molecule has 1 aliphatic heterocycles. The molecule has 2 aromatic heterocycles. The second-order valence-corrected chi connectivity index (χ2v) is 7.75. The first kappa shape index (κ1) is 20.7. The van der Waals surface area contributed by atoms with Crippen LogP contribution in [-0.4, -0.2) is 64.1 Å². The van der Waals surface area contributed by atoms with Crippen LogP contribution >= 0.6 is 0 Å². The Bertz CT molecular complexity index is 1220. The van der Waals surface area contributed by atoms with Crippen LogP contribution in [-0.2, 0) is 0 Å². The zero-order valence-electron chi connectivity index (χ0n) is 18.3. The fourth-order valence-corrected chi connectivity index (χ4v) is 4.05. The topological polar surface area (TPSA) is 76.4 Å². The van der Waals surface area contributed by atoms with Crippen LogP contribution in [0.1, 0.15) is 10.5 Å². The van der Waals surface area contributed by atoms with Crippen LogP contribution in [0.3, 0.4) is 0 Å². The molecular weight excluding hydrogens is 416 g/mol. The Labute approximate surface area is 192 Å². The van der Waals surface area contributed by atoms with Gasteiger partial charge in [-0.05, 0) is 48.5 Å². The minimum absolute atomic E-state index is 0.124. The van der Waals surface area contributed by atoms with Gasteiger partial charge >= 0.3 is 0 Å². The number of benzene rings is 2. The van der Waals surface area contributed by atoms with E-state index in [9.17, 15) is 4.79 Å². The van der Waals surface area contributed by atoms with Crippen molar-refractivity contribution in [2.75, 3.05) is 38.2 Å². The fourth-order valence-electron chi connectivity index (χ4n) is 4.05. The van der Waals surface area contributed by atoms with Gasteiger partial charge in [0.1, 0.15) is 11.4 Å². The van der Waals surface area contributed by atoms with E-state index in [2.05, 4.69) is 32.3 Å². The Kier molecular flexibility index (Phi) is 5.72. The van der Waals surface area contributed by atoms with Crippen molar-refractivity contribution in [3.63, 3.8) is 0 Å². The Morgan fingerprint density at radius 3 is 2.30 bits per heavy atom. The molecule has 0 atom stereocenters. The number of para-hydroxylation sites is 1. The summed E-state index contributed by atoms with van der Waals surface area (Å²) in [7, 11) is 1.62.